The van der Waals surface area contributed by atoms with E-state index < -0.39 is 17.6 Å². The molecule has 3 fully saturated rings. The quantitative estimate of drug-likeness (QED) is 0.216. The van der Waals surface area contributed by atoms with Gasteiger partial charge in [-0.15, -0.1) is 0 Å². The molecular formula is C20H28ClFN6O4. The second-order valence-electron chi connectivity index (χ2n) is 8.87. The van der Waals surface area contributed by atoms with Crippen molar-refractivity contribution in [1.82, 2.24) is 20.5 Å². The molecule has 10 nitrogen and oxygen atoms in total. The molecule has 12 heteroatoms. The summed E-state index contributed by atoms with van der Waals surface area (Å²) < 4.78 is 20.6. The monoisotopic (exact) mass is 470 g/mol. The van der Waals surface area contributed by atoms with E-state index in [0.717, 1.165) is 25.7 Å². The van der Waals surface area contributed by atoms with Crippen molar-refractivity contribution >= 4 is 35.6 Å². The zero-order valence-electron chi connectivity index (χ0n) is 17.7. The molecule has 2 unspecified atom stereocenters. The molecule has 1 aliphatic carbocycles. The molecular weight excluding hydrogens is 443 g/mol. The largest absolute Gasteiger partial charge is 0.381 e. The van der Waals surface area contributed by atoms with Gasteiger partial charge in [-0.05, 0) is 23.9 Å². The second-order valence-corrected chi connectivity index (χ2v) is 9.20. The van der Waals surface area contributed by atoms with Crippen molar-refractivity contribution in [3.05, 3.63) is 11.1 Å². The van der Waals surface area contributed by atoms with Crippen molar-refractivity contribution in [3.8, 4) is 0 Å². The molecule has 4 rings (SSSR count). The van der Waals surface area contributed by atoms with Crippen molar-refractivity contribution in [3.63, 3.8) is 0 Å². The Morgan fingerprint density at radius 2 is 2.00 bits per heavy atom. The van der Waals surface area contributed by atoms with Crippen LogP contribution in [0.25, 0.3) is 0 Å². The average molecular weight is 471 g/mol. The zero-order valence-corrected chi connectivity index (χ0v) is 18.4. The Morgan fingerprint density at radius 3 is 2.66 bits per heavy atom. The van der Waals surface area contributed by atoms with Gasteiger partial charge in [0.05, 0.1) is 25.7 Å². The lowest BCUT2D eigenvalue weighted by molar-refractivity contribution is -0.154. The Morgan fingerprint density at radius 1 is 1.31 bits per heavy atom. The first-order valence-electron chi connectivity index (χ1n) is 11.0. The summed E-state index contributed by atoms with van der Waals surface area (Å²) in [6.45, 7) is 2.37. The van der Waals surface area contributed by atoms with E-state index >= 15 is 4.39 Å². The number of carbonyl (C=O) groups is 2. The minimum atomic E-state index is -0.709. The fourth-order valence-corrected chi connectivity index (χ4v) is 5.13. The van der Waals surface area contributed by atoms with Crippen LogP contribution in [0, 0.1) is 29.5 Å². The van der Waals surface area contributed by atoms with Crippen LogP contribution in [0.2, 0.25) is 5.28 Å². The van der Waals surface area contributed by atoms with Crippen LogP contribution in [0.15, 0.2) is 0 Å². The van der Waals surface area contributed by atoms with E-state index in [0.29, 0.717) is 55.5 Å². The number of fused-ring (bicyclic) bond motifs is 1. The number of carbonyl (C=O) groups excluding carboxylic acids is 2. The number of hydrogen-bond acceptors (Lipinski definition) is 8. The van der Waals surface area contributed by atoms with Gasteiger partial charge in [-0.1, -0.05) is 25.7 Å². The predicted molar refractivity (Wildman–Crippen MR) is 113 cm³/mol. The Kier molecular flexibility index (Phi) is 7.27. The molecule has 1 aromatic rings. The molecule has 32 heavy (non-hydrogen) atoms. The molecule has 1 saturated carbocycles. The van der Waals surface area contributed by atoms with E-state index in [1.807, 2.05) is 4.90 Å². The number of hydrogen-bond donors (Lipinski definition) is 3. The molecule has 3 heterocycles. The van der Waals surface area contributed by atoms with Gasteiger partial charge in [-0.25, -0.2) is 5.06 Å². The van der Waals surface area contributed by atoms with Gasteiger partial charge in [0.15, 0.2) is 11.6 Å². The summed E-state index contributed by atoms with van der Waals surface area (Å²) >= 11 is 6.03. The molecule has 0 aromatic carbocycles. The highest BCUT2D eigenvalue weighted by Gasteiger charge is 2.39. The standard InChI is InChI=1S/C20H28ClFN6O4/c21-20-23-17(16(22)18(24-20)27-6-14-9-32-10-15(14)7-27)25-26-19(30)13(8-28(31)11-29)5-12-3-1-2-4-12/h11-15,31H,1-10H2,(H,26,30)(H,23,24,25)/t13-,14?,15?/m0/s1. The number of hydrazine groups is 1. The number of nitrogens with zero attached hydrogens (tertiary/aromatic N) is 4. The van der Waals surface area contributed by atoms with Gasteiger partial charge in [-0.3, -0.25) is 25.6 Å². The molecule has 0 radical (unpaired) electrons. The first-order valence-corrected chi connectivity index (χ1v) is 11.3. The van der Waals surface area contributed by atoms with Crippen LogP contribution in [0.4, 0.5) is 16.0 Å². The lowest BCUT2D eigenvalue weighted by atomic mass is 9.92. The van der Waals surface area contributed by atoms with Gasteiger partial charge in [0.1, 0.15) is 0 Å². The Balaban J connectivity index is 1.42. The van der Waals surface area contributed by atoms with E-state index in [9.17, 15) is 14.8 Å². The maximum atomic E-state index is 15.2. The molecule has 2 saturated heterocycles. The Bertz CT molecular complexity index is 831. The third kappa shape index (κ3) is 5.21. The highest BCUT2D eigenvalue weighted by atomic mass is 35.5. The van der Waals surface area contributed by atoms with Crippen LogP contribution in [0.1, 0.15) is 32.1 Å². The maximum Gasteiger partial charge on any atom is 0.243 e. The Hall–Kier alpha value is -2.24. The summed E-state index contributed by atoms with van der Waals surface area (Å²) in [5.41, 5.74) is 4.97. The highest BCUT2D eigenvalue weighted by molar-refractivity contribution is 6.28. The molecule has 176 valence electrons. The number of ether oxygens (including phenoxy) is 1. The van der Waals surface area contributed by atoms with Crippen molar-refractivity contribution in [1.29, 1.82) is 0 Å². The summed E-state index contributed by atoms with van der Waals surface area (Å²) in [5, 5.41) is 9.90. The van der Waals surface area contributed by atoms with Gasteiger partial charge in [-0.2, -0.15) is 14.4 Å². The lowest BCUT2D eigenvalue weighted by Crippen LogP contribution is -2.41. The topological polar surface area (TPSA) is 120 Å². The minimum absolute atomic E-state index is 0.0844. The van der Waals surface area contributed by atoms with Crippen LogP contribution in [0.5, 0.6) is 0 Å². The molecule has 3 N–H and O–H groups in total. The number of nitrogens with one attached hydrogen (secondary N) is 2. The van der Waals surface area contributed by atoms with E-state index in [4.69, 9.17) is 16.3 Å². The van der Waals surface area contributed by atoms with Crippen molar-refractivity contribution < 1.29 is 23.9 Å². The lowest BCUT2D eigenvalue weighted by Gasteiger charge is -2.23. The smallest absolute Gasteiger partial charge is 0.243 e. The van der Waals surface area contributed by atoms with E-state index in [-0.39, 0.29) is 29.9 Å². The molecule has 0 spiro atoms. The summed E-state index contributed by atoms with van der Waals surface area (Å²) in [6.07, 6.45) is 5.00. The van der Waals surface area contributed by atoms with Crippen LogP contribution < -0.4 is 15.8 Å². The van der Waals surface area contributed by atoms with Crippen molar-refractivity contribution in [2.24, 2.45) is 23.7 Å². The van der Waals surface area contributed by atoms with E-state index in [1.54, 1.807) is 0 Å². The number of aromatic nitrogens is 2. The highest BCUT2D eigenvalue weighted by Crippen LogP contribution is 2.34. The molecule has 3 atom stereocenters. The van der Waals surface area contributed by atoms with E-state index in [1.165, 1.54) is 0 Å². The van der Waals surface area contributed by atoms with Gasteiger partial charge in [0.2, 0.25) is 23.4 Å². The summed E-state index contributed by atoms with van der Waals surface area (Å²) in [7, 11) is 0. The molecule has 0 bridgehead atoms. The number of rotatable bonds is 9. The fourth-order valence-electron chi connectivity index (χ4n) is 4.97. The first kappa shape index (κ1) is 22.9. The predicted octanol–water partition coefficient (Wildman–Crippen LogP) is 1.84. The van der Waals surface area contributed by atoms with Crippen LogP contribution in [-0.4, -0.2) is 65.4 Å². The van der Waals surface area contributed by atoms with Crippen LogP contribution >= 0.6 is 11.6 Å². The average Bonchev–Trinajstić information content (AvgIpc) is 3.51. The van der Waals surface area contributed by atoms with Crippen LogP contribution in [0.3, 0.4) is 0 Å². The van der Waals surface area contributed by atoms with Gasteiger partial charge in [0.25, 0.3) is 0 Å². The number of hydroxylamine groups is 2. The molecule has 3 aliphatic rings. The Labute approximate surface area is 190 Å². The number of halogens is 2. The summed E-state index contributed by atoms with van der Waals surface area (Å²) in [5.74, 6) is -0.982. The van der Waals surface area contributed by atoms with Crippen molar-refractivity contribution in [2.45, 2.75) is 32.1 Å². The van der Waals surface area contributed by atoms with Gasteiger partial charge >= 0.3 is 0 Å². The number of amides is 2. The summed E-state index contributed by atoms with van der Waals surface area (Å²) in [4.78, 5) is 33.4. The number of anilines is 2. The minimum Gasteiger partial charge on any atom is -0.381 e. The van der Waals surface area contributed by atoms with Gasteiger partial charge in [0, 0.05) is 24.9 Å². The maximum absolute atomic E-state index is 15.2. The first-order chi connectivity index (χ1) is 15.4. The normalized spacial score (nSPS) is 23.8. The van der Waals surface area contributed by atoms with E-state index in [2.05, 4.69) is 20.8 Å². The third-order valence-corrected chi connectivity index (χ3v) is 6.81. The van der Waals surface area contributed by atoms with Gasteiger partial charge < -0.3 is 9.64 Å². The second kappa shape index (κ2) is 10.1. The summed E-state index contributed by atoms with van der Waals surface area (Å²) in [6, 6.07) is 0. The molecule has 2 amide bonds. The zero-order chi connectivity index (χ0) is 22.7. The van der Waals surface area contributed by atoms with Crippen molar-refractivity contribution in [2.75, 3.05) is 43.2 Å². The SMILES string of the molecule is O=CN(O)C[C@H](CC1CCCC1)C(=O)NNc1nc(Cl)nc(N2CC3COCC3C2)c1F. The molecule has 2 aliphatic heterocycles. The fraction of sp³-hybridized carbons (Fsp3) is 0.700. The third-order valence-electron chi connectivity index (χ3n) is 6.64. The van der Waals surface area contributed by atoms with Crippen LogP contribution in [-0.2, 0) is 14.3 Å². The molecule has 1 aromatic heterocycles.